The predicted molar refractivity (Wildman–Crippen MR) is 152 cm³/mol. The van der Waals surface area contributed by atoms with Crippen LogP contribution in [0.2, 0.25) is 0 Å². The van der Waals surface area contributed by atoms with Crippen molar-refractivity contribution in [3.05, 3.63) is 117 Å². The van der Waals surface area contributed by atoms with Crippen molar-refractivity contribution in [2.24, 2.45) is 14.1 Å². The SMILES string of the molecule is COC(=O)C(c1c([O-])n(C)c(=O)n(C)c1=O)C(C(=O)OC)[P+](c1ccccc1)(c1ccccc1)c1ccccc1. The van der Waals surface area contributed by atoms with Crippen LogP contribution >= 0.6 is 7.26 Å². The zero-order valence-corrected chi connectivity index (χ0v) is 23.4. The van der Waals surface area contributed by atoms with Gasteiger partial charge in [0.25, 0.3) is 5.56 Å². The molecule has 4 rings (SSSR count). The van der Waals surface area contributed by atoms with Gasteiger partial charge in [-0.3, -0.25) is 14.2 Å². The van der Waals surface area contributed by atoms with Gasteiger partial charge in [0.15, 0.2) is 5.66 Å². The summed E-state index contributed by atoms with van der Waals surface area (Å²) < 4.78 is 12.0. The first-order chi connectivity index (χ1) is 19.2. The van der Waals surface area contributed by atoms with E-state index in [1.54, 1.807) is 0 Å². The fraction of sp³-hybridized carbons (Fsp3) is 0.200. The molecule has 2 atom stereocenters. The maximum atomic E-state index is 14.1. The molecule has 0 aliphatic heterocycles. The van der Waals surface area contributed by atoms with Crippen molar-refractivity contribution in [1.82, 2.24) is 9.13 Å². The van der Waals surface area contributed by atoms with E-state index in [1.165, 1.54) is 21.2 Å². The molecule has 0 aliphatic carbocycles. The van der Waals surface area contributed by atoms with E-state index < -0.39 is 53.5 Å². The number of benzene rings is 3. The number of carbonyl (C=O) groups is 2. The number of ether oxygens (including phenoxy) is 2. The van der Waals surface area contributed by atoms with Crippen molar-refractivity contribution in [1.29, 1.82) is 0 Å². The molecule has 0 spiro atoms. The Morgan fingerprint density at radius 1 is 0.700 bits per heavy atom. The summed E-state index contributed by atoms with van der Waals surface area (Å²) >= 11 is 0. The number of carbonyl (C=O) groups excluding carboxylic acids is 2. The quantitative estimate of drug-likeness (QED) is 0.233. The van der Waals surface area contributed by atoms with Crippen LogP contribution in [-0.4, -0.2) is 41.0 Å². The minimum Gasteiger partial charge on any atom is -0.860 e. The number of methoxy groups -OCH3 is 2. The van der Waals surface area contributed by atoms with Gasteiger partial charge in [-0.1, -0.05) is 54.6 Å². The van der Waals surface area contributed by atoms with Gasteiger partial charge < -0.3 is 19.1 Å². The Labute approximate surface area is 231 Å². The zero-order valence-electron chi connectivity index (χ0n) is 22.5. The Morgan fingerprint density at radius 3 is 1.48 bits per heavy atom. The molecule has 1 aromatic heterocycles. The van der Waals surface area contributed by atoms with Gasteiger partial charge in [-0.05, 0) is 42.3 Å². The van der Waals surface area contributed by atoms with E-state index in [1.807, 2.05) is 91.0 Å². The molecule has 0 amide bonds. The van der Waals surface area contributed by atoms with Crippen molar-refractivity contribution >= 4 is 35.1 Å². The van der Waals surface area contributed by atoms with Crippen LogP contribution in [0.25, 0.3) is 0 Å². The van der Waals surface area contributed by atoms with Crippen LogP contribution in [0.1, 0.15) is 11.5 Å². The first kappa shape index (κ1) is 28.5. The fourth-order valence-electron chi connectivity index (χ4n) is 5.21. The summed E-state index contributed by atoms with van der Waals surface area (Å²) in [7, 11) is 1.48. The summed E-state index contributed by atoms with van der Waals surface area (Å²) in [6, 6.07) is 27.6. The van der Waals surface area contributed by atoms with E-state index in [9.17, 15) is 24.3 Å². The third-order valence-electron chi connectivity index (χ3n) is 7.08. The summed E-state index contributed by atoms with van der Waals surface area (Å²) in [6.45, 7) is 0. The maximum absolute atomic E-state index is 14.1. The van der Waals surface area contributed by atoms with Crippen molar-refractivity contribution < 1.29 is 24.2 Å². The van der Waals surface area contributed by atoms with Gasteiger partial charge in [0, 0.05) is 19.7 Å². The highest BCUT2D eigenvalue weighted by atomic mass is 31.2. The molecule has 0 fully saturated rings. The third-order valence-corrected chi connectivity index (χ3v) is 11.8. The molecule has 206 valence electrons. The first-order valence-electron chi connectivity index (χ1n) is 12.4. The summed E-state index contributed by atoms with van der Waals surface area (Å²) in [5, 5.41) is 15.7. The van der Waals surface area contributed by atoms with Crippen molar-refractivity contribution in [2.45, 2.75) is 11.6 Å². The Morgan fingerprint density at radius 2 is 1.10 bits per heavy atom. The molecule has 0 N–H and O–H groups in total. The Balaban J connectivity index is 2.27. The molecule has 0 saturated heterocycles. The lowest BCUT2D eigenvalue weighted by Gasteiger charge is -2.37. The van der Waals surface area contributed by atoms with Gasteiger partial charge in [0.2, 0.25) is 0 Å². The van der Waals surface area contributed by atoms with Gasteiger partial charge in [-0.15, -0.1) is 0 Å². The lowest BCUT2D eigenvalue weighted by atomic mass is 9.96. The second kappa shape index (κ2) is 11.7. The fourth-order valence-corrected chi connectivity index (χ4v) is 10.1. The summed E-state index contributed by atoms with van der Waals surface area (Å²) in [5.74, 6) is -4.47. The molecule has 1 heterocycles. The normalized spacial score (nSPS) is 12.8. The first-order valence-corrected chi connectivity index (χ1v) is 14.3. The van der Waals surface area contributed by atoms with Gasteiger partial charge in [-0.2, -0.15) is 0 Å². The van der Waals surface area contributed by atoms with Crippen LogP contribution in [0.3, 0.4) is 0 Å². The van der Waals surface area contributed by atoms with Crippen LogP contribution in [0.5, 0.6) is 5.88 Å². The average molecular weight is 561 g/mol. The molecule has 3 aromatic carbocycles. The minimum absolute atomic E-state index is 0.543. The second-order valence-corrected chi connectivity index (χ2v) is 12.7. The second-order valence-electron chi connectivity index (χ2n) is 9.12. The Bertz CT molecular complexity index is 1540. The largest absolute Gasteiger partial charge is 0.860 e. The number of hydrogen-bond acceptors (Lipinski definition) is 7. The van der Waals surface area contributed by atoms with Crippen LogP contribution in [0.15, 0.2) is 101 Å². The Hall–Kier alpha value is -4.49. The molecule has 40 heavy (non-hydrogen) atoms. The number of rotatable bonds is 8. The zero-order chi connectivity index (χ0) is 29.0. The van der Waals surface area contributed by atoms with Crippen LogP contribution in [-0.2, 0) is 33.2 Å². The van der Waals surface area contributed by atoms with E-state index in [0.717, 1.165) is 16.2 Å². The van der Waals surface area contributed by atoms with E-state index >= 15 is 0 Å². The van der Waals surface area contributed by atoms with Crippen molar-refractivity contribution in [2.75, 3.05) is 14.2 Å². The predicted octanol–water partition coefficient (Wildman–Crippen LogP) is 0.950. The van der Waals surface area contributed by atoms with Crippen LogP contribution in [0.4, 0.5) is 0 Å². The summed E-state index contributed by atoms with van der Waals surface area (Å²) in [4.78, 5) is 54.0. The number of esters is 2. The Kier molecular flexibility index (Phi) is 8.35. The van der Waals surface area contributed by atoms with Crippen molar-refractivity contribution in [3.8, 4) is 5.88 Å². The summed E-state index contributed by atoms with van der Waals surface area (Å²) in [6.07, 6.45) is 0. The molecule has 10 heteroatoms. The van der Waals surface area contributed by atoms with Gasteiger partial charge in [0.05, 0.1) is 14.2 Å². The van der Waals surface area contributed by atoms with Gasteiger partial charge in [0.1, 0.15) is 29.1 Å². The standard InChI is InChI=1S/C30H29N2O7P/c1-31-26(33)24(27(34)32(2)30(31)37)23(28(35)38-3)25(29(36)39-4)40(20-14-8-5-9-15-20,21-16-10-6-11-17-21)22-18-12-7-13-19-22/h5-19,23,25H,1-4H3. The van der Waals surface area contributed by atoms with E-state index in [4.69, 9.17) is 9.47 Å². The van der Waals surface area contributed by atoms with E-state index in [-0.39, 0.29) is 0 Å². The van der Waals surface area contributed by atoms with Crippen LogP contribution in [0, 0.1) is 0 Å². The lowest BCUT2D eigenvalue weighted by Crippen LogP contribution is -2.50. The molecule has 0 saturated carbocycles. The highest BCUT2D eigenvalue weighted by Gasteiger charge is 2.62. The van der Waals surface area contributed by atoms with Crippen molar-refractivity contribution in [3.63, 3.8) is 0 Å². The molecule has 9 nitrogen and oxygen atoms in total. The lowest BCUT2D eigenvalue weighted by molar-refractivity contribution is -0.281. The molecule has 2 unspecified atom stereocenters. The molecule has 0 radical (unpaired) electrons. The number of hydrogen-bond donors (Lipinski definition) is 0. The smallest absolute Gasteiger partial charge is 0.349 e. The minimum atomic E-state index is -3.26. The van der Waals surface area contributed by atoms with Gasteiger partial charge in [-0.25, -0.2) is 9.59 Å². The number of nitrogens with zero attached hydrogens (tertiary/aromatic N) is 2. The molecular formula is C30H29N2O7P. The average Bonchev–Trinajstić information content (AvgIpc) is 3.01. The van der Waals surface area contributed by atoms with Gasteiger partial charge >= 0.3 is 17.6 Å². The summed E-state index contributed by atoms with van der Waals surface area (Å²) in [5.41, 5.74) is -3.79. The monoisotopic (exact) mass is 560 g/mol. The molecule has 0 bridgehead atoms. The highest BCUT2D eigenvalue weighted by Crippen LogP contribution is 2.63. The van der Waals surface area contributed by atoms with Crippen LogP contribution < -0.4 is 32.3 Å². The van der Waals surface area contributed by atoms with E-state index in [0.29, 0.717) is 15.9 Å². The topological polar surface area (TPSA) is 120 Å². The van der Waals surface area contributed by atoms with E-state index in [2.05, 4.69) is 0 Å². The maximum Gasteiger partial charge on any atom is 0.349 e. The highest BCUT2D eigenvalue weighted by molar-refractivity contribution is 7.97. The third kappa shape index (κ3) is 4.62. The molecular weight excluding hydrogens is 531 g/mol. The number of aromatic nitrogens is 2. The molecule has 0 aliphatic rings. The molecule has 4 aromatic rings.